The first-order chi connectivity index (χ1) is 9.56. The van der Waals surface area contributed by atoms with Gasteiger partial charge in [0.1, 0.15) is 5.15 Å². The van der Waals surface area contributed by atoms with Crippen LogP contribution in [0.4, 0.5) is 0 Å². The molecular formula is C16H12Cl2N2. The summed E-state index contributed by atoms with van der Waals surface area (Å²) < 4.78 is 0. The van der Waals surface area contributed by atoms with Crippen LogP contribution >= 0.6 is 23.2 Å². The molecule has 3 aromatic rings. The van der Waals surface area contributed by atoms with Crippen molar-refractivity contribution in [1.29, 1.82) is 0 Å². The molecule has 0 aliphatic heterocycles. The average Bonchev–Trinajstić information content (AvgIpc) is 2.42. The van der Waals surface area contributed by atoms with Crippen LogP contribution in [-0.4, -0.2) is 9.97 Å². The van der Waals surface area contributed by atoms with Gasteiger partial charge in [-0.15, -0.1) is 0 Å². The number of aryl methyl sites for hydroxylation is 1. The fourth-order valence-electron chi connectivity index (χ4n) is 2.18. The van der Waals surface area contributed by atoms with Crippen molar-refractivity contribution in [3.63, 3.8) is 0 Å². The second kappa shape index (κ2) is 5.04. The van der Waals surface area contributed by atoms with Crippen LogP contribution < -0.4 is 0 Å². The van der Waals surface area contributed by atoms with E-state index in [4.69, 9.17) is 23.2 Å². The summed E-state index contributed by atoms with van der Waals surface area (Å²) in [5.41, 5.74) is 3.83. The number of fused-ring (bicyclic) bond motifs is 1. The lowest BCUT2D eigenvalue weighted by Gasteiger charge is -2.08. The summed E-state index contributed by atoms with van der Waals surface area (Å²) in [4.78, 5) is 9.01. The van der Waals surface area contributed by atoms with Gasteiger partial charge in [-0.25, -0.2) is 9.97 Å². The molecule has 1 aromatic heterocycles. The maximum absolute atomic E-state index is 6.29. The van der Waals surface area contributed by atoms with Gasteiger partial charge in [-0.2, -0.15) is 0 Å². The van der Waals surface area contributed by atoms with Gasteiger partial charge < -0.3 is 0 Å². The largest absolute Gasteiger partial charge is 0.228 e. The zero-order chi connectivity index (χ0) is 14.3. The van der Waals surface area contributed by atoms with Crippen LogP contribution in [0, 0.1) is 13.8 Å². The fourth-order valence-corrected chi connectivity index (χ4v) is 2.58. The van der Waals surface area contributed by atoms with Crippen LogP contribution in [0.1, 0.15) is 11.1 Å². The first-order valence-electron chi connectivity index (χ1n) is 6.25. The molecule has 1 heterocycles. The fraction of sp³-hybridized carbons (Fsp3) is 0.125. The normalized spacial score (nSPS) is 11.0. The van der Waals surface area contributed by atoms with Gasteiger partial charge in [0.2, 0.25) is 0 Å². The van der Waals surface area contributed by atoms with E-state index in [9.17, 15) is 0 Å². The third-order valence-corrected chi connectivity index (χ3v) is 4.01. The molecule has 0 saturated carbocycles. The van der Waals surface area contributed by atoms with Crippen LogP contribution in [0.5, 0.6) is 0 Å². The molecule has 2 nitrogen and oxygen atoms in total. The summed E-state index contributed by atoms with van der Waals surface area (Å²) in [6.07, 6.45) is 0. The first kappa shape index (κ1) is 13.3. The molecule has 100 valence electrons. The predicted molar refractivity (Wildman–Crippen MR) is 84.5 cm³/mol. The molecular weight excluding hydrogens is 291 g/mol. The topological polar surface area (TPSA) is 25.8 Å². The summed E-state index contributed by atoms with van der Waals surface area (Å²) in [5.74, 6) is 0.603. The molecule has 2 aromatic carbocycles. The van der Waals surface area contributed by atoms with E-state index < -0.39 is 0 Å². The molecule has 0 N–H and O–H groups in total. The monoisotopic (exact) mass is 302 g/mol. The van der Waals surface area contributed by atoms with Crippen molar-refractivity contribution in [1.82, 2.24) is 9.97 Å². The van der Waals surface area contributed by atoms with Gasteiger partial charge in [0, 0.05) is 16.0 Å². The van der Waals surface area contributed by atoms with Gasteiger partial charge in [-0.3, -0.25) is 0 Å². The van der Waals surface area contributed by atoms with Crippen LogP contribution in [0.25, 0.3) is 22.3 Å². The molecule has 0 saturated heterocycles. The van der Waals surface area contributed by atoms with Gasteiger partial charge in [0.25, 0.3) is 0 Å². The smallest absolute Gasteiger partial charge is 0.161 e. The highest BCUT2D eigenvalue weighted by Gasteiger charge is 2.11. The average molecular weight is 303 g/mol. The Morgan fingerprint density at radius 3 is 2.55 bits per heavy atom. The molecule has 0 atom stereocenters. The van der Waals surface area contributed by atoms with E-state index in [2.05, 4.69) is 9.97 Å². The number of rotatable bonds is 1. The van der Waals surface area contributed by atoms with Gasteiger partial charge in [0.15, 0.2) is 5.82 Å². The first-order valence-corrected chi connectivity index (χ1v) is 7.01. The van der Waals surface area contributed by atoms with Crippen LogP contribution in [0.3, 0.4) is 0 Å². The van der Waals surface area contributed by atoms with Crippen molar-refractivity contribution >= 4 is 34.1 Å². The summed E-state index contributed by atoms with van der Waals surface area (Å²) in [5, 5.41) is 2.04. The third kappa shape index (κ3) is 2.26. The summed E-state index contributed by atoms with van der Waals surface area (Å²) in [6.45, 7) is 3.97. The van der Waals surface area contributed by atoms with E-state index in [1.807, 2.05) is 50.2 Å². The standard InChI is InChI=1S/C16H12Cl2N2/c1-9-6-7-14-12(8-9)15(18)20-16(19-14)11-4-3-5-13(17)10(11)2/h3-8H,1-2H3. The van der Waals surface area contributed by atoms with Crippen molar-refractivity contribution < 1.29 is 0 Å². The summed E-state index contributed by atoms with van der Waals surface area (Å²) >= 11 is 12.4. The Labute approximate surface area is 127 Å². The molecule has 20 heavy (non-hydrogen) atoms. The van der Waals surface area contributed by atoms with Crippen LogP contribution in [-0.2, 0) is 0 Å². The number of aromatic nitrogens is 2. The molecule has 4 heteroatoms. The minimum absolute atomic E-state index is 0.466. The minimum atomic E-state index is 0.466. The number of hydrogen-bond acceptors (Lipinski definition) is 2. The predicted octanol–water partition coefficient (Wildman–Crippen LogP) is 5.22. The van der Waals surface area contributed by atoms with Crippen molar-refractivity contribution in [2.45, 2.75) is 13.8 Å². The molecule has 0 fully saturated rings. The van der Waals surface area contributed by atoms with E-state index in [0.717, 1.165) is 27.6 Å². The Balaban J connectivity index is 2.28. The Bertz CT molecular complexity index is 813. The molecule has 0 bridgehead atoms. The molecule has 0 unspecified atom stereocenters. The second-order valence-corrected chi connectivity index (χ2v) is 5.54. The molecule has 0 amide bonds. The summed E-state index contributed by atoms with van der Waals surface area (Å²) in [7, 11) is 0. The van der Waals surface area contributed by atoms with E-state index in [0.29, 0.717) is 16.0 Å². The van der Waals surface area contributed by atoms with E-state index in [1.165, 1.54) is 0 Å². The van der Waals surface area contributed by atoms with E-state index in [-0.39, 0.29) is 0 Å². The molecule has 0 aliphatic rings. The summed E-state index contributed by atoms with van der Waals surface area (Å²) in [6, 6.07) is 11.7. The third-order valence-electron chi connectivity index (χ3n) is 3.31. The minimum Gasteiger partial charge on any atom is -0.228 e. The highest BCUT2D eigenvalue weighted by molar-refractivity contribution is 6.34. The highest BCUT2D eigenvalue weighted by atomic mass is 35.5. The van der Waals surface area contributed by atoms with Crippen molar-refractivity contribution in [3.8, 4) is 11.4 Å². The van der Waals surface area contributed by atoms with E-state index >= 15 is 0 Å². The molecule has 0 spiro atoms. The van der Waals surface area contributed by atoms with E-state index in [1.54, 1.807) is 0 Å². The number of nitrogens with zero attached hydrogens (tertiary/aromatic N) is 2. The maximum Gasteiger partial charge on any atom is 0.161 e. The molecule has 0 aliphatic carbocycles. The number of benzene rings is 2. The zero-order valence-corrected chi connectivity index (χ0v) is 12.6. The van der Waals surface area contributed by atoms with Crippen molar-refractivity contribution in [2.24, 2.45) is 0 Å². The molecule has 0 radical (unpaired) electrons. The Morgan fingerprint density at radius 1 is 0.950 bits per heavy atom. The number of halogens is 2. The lowest BCUT2D eigenvalue weighted by atomic mass is 10.1. The maximum atomic E-state index is 6.29. The number of hydrogen-bond donors (Lipinski definition) is 0. The lowest BCUT2D eigenvalue weighted by Crippen LogP contribution is -1.94. The van der Waals surface area contributed by atoms with Crippen molar-refractivity contribution in [3.05, 3.63) is 57.7 Å². The van der Waals surface area contributed by atoms with Gasteiger partial charge >= 0.3 is 0 Å². The zero-order valence-electron chi connectivity index (χ0n) is 11.1. The van der Waals surface area contributed by atoms with Crippen molar-refractivity contribution in [2.75, 3.05) is 0 Å². The van der Waals surface area contributed by atoms with Gasteiger partial charge in [-0.1, -0.05) is 47.0 Å². The SMILES string of the molecule is Cc1ccc2nc(-c3cccc(Cl)c3C)nc(Cl)c2c1. The van der Waals surface area contributed by atoms with Crippen LogP contribution in [0.2, 0.25) is 10.2 Å². The Morgan fingerprint density at radius 2 is 1.75 bits per heavy atom. The molecule has 3 rings (SSSR count). The van der Waals surface area contributed by atoms with Gasteiger partial charge in [0.05, 0.1) is 5.52 Å². The quantitative estimate of drug-likeness (QED) is 0.576. The van der Waals surface area contributed by atoms with Gasteiger partial charge in [-0.05, 0) is 37.6 Å². The lowest BCUT2D eigenvalue weighted by molar-refractivity contribution is 1.21. The van der Waals surface area contributed by atoms with Crippen LogP contribution in [0.15, 0.2) is 36.4 Å². The Kier molecular flexibility index (Phi) is 3.36. The Hall–Kier alpha value is -1.64. The highest BCUT2D eigenvalue weighted by Crippen LogP contribution is 2.29. The second-order valence-electron chi connectivity index (χ2n) is 4.77.